The van der Waals surface area contributed by atoms with Gasteiger partial charge in [0.2, 0.25) is 5.91 Å². The number of ether oxygens (including phenoxy) is 1. The maximum Gasteiger partial charge on any atom is 0.220 e. The largest absolute Gasteiger partial charge is 0.497 e. The second kappa shape index (κ2) is 9.16. The number of carbonyl (C=O) groups is 2. The van der Waals surface area contributed by atoms with E-state index in [4.69, 9.17) is 4.74 Å². The van der Waals surface area contributed by atoms with Crippen LogP contribution in [0.25, 0.3) is 0 Å². The highest BCUT2D eigenvalue weighted by molar-refractivity contribution is 5.88. The first kappa shape index (κ1) is 23.1. The lowest BCUT2D eigenvalue weighted by Gasteiger charge is -2.50. The summed E-state index contributed by atoms with van der Waals surface area (Å²) in [5, 5.41) is 2.92. The van der Waals surface area contributed by atoms with Crippen molar-refractivity contribution >= 4 is 11.7 Å². The van der Waals surface area contributed by atoms with E-state index in [0.29, 0.717) is 42.9 Å². The summed E-state index contributed by atoms with van der Waals surface area (Å²) in [4.78, 5) is 25.8. The molecule has 180 valence electrons. The van der Waals surface area contributed by atoms with E-state index in [1.807, 2.05) is 6.07 Å². The monoisotopic (exact) mass is 463 g/mol. The average Bonchev–Trinajstić information content (AvgIpc) is 3.10. The molecule has 2 saturated carbocycles. The molecule has 5 heteroatoms. The van der Waals surface area contributed by atoms with E-state index in [1.54, 1.807) is 13.2 Å². The van der Waals surface area contributed by atoms with Crippen LogP contribution in [0.4, 0.5) is 4.39 Å². The molecule has 3 aliphatic carbocycles. The molecule has 0 bridgehead atoms. The molecular weight excluding hydrogens is 429 g/mol. The number of rotatable bonds is 6. The molecule has 0 aromatic heterocycles. The van der Waals surface area contributed by atoms with Crippen molar-refractivity contribution in [1.29, 1.82) is 0 Å². The summed E-state index contributed by atoms with van der Waals surface area (Å²) in [6, 6.07) is 12.8. The van der Waals surface area contributed by atoms with Gasteiger partial charge >= 0.3 is 0 Å². The van der Waals surface area contributed by atoms with Crippen LogP contribution in [0, 0.1) is 29.0 Å². The normalized spacial score (nSPS) is 29.7. The number of ketones is 1. The molecule has 2 unspecified atom stereocenters. The molecule has 0 heterocycles. The molecule has 1 amide bonds. The van der Waals surface area contributed by atoms with Crippen molar-refractivity contribution in [2.24, 2.45) is 23.2 Å². The van der Waals surface area contributed by atoms with Crippen LogP contribution in [0.1, 0.15) is 68.1 Å². The molecule has 0 spiro atoms. The van der Waals surface area contributed by atoms with Gasteiger partial charge in [0.15, 0.2) is 0 Å². The fourth-order valence-corrected chi connectivity index (χ4v) is 7.26. The van der Waals surface area contributed by atoms with Crippen molar-refractivity contribution in [3.8, 4) is 5.75 Å². The van der Waals surface area contributed by atoms with Crippen molar-refractivity contribution < 1.29 is 18.7 Å². The Bertz CT molecular complexity index is 1100. The number of methoxy groups -OCH3 is 1. The number of fused-ring (bicyclic) bond motifs is 5. The topological polar surface area (TPSA) is 55.4 Å². The highest BCUT2D eigenvalue weighted by Gasteiger charge is 2.58. The highest BCUT2D eigenvalue weighted by Crippen LogP contribution is 2.62. The quantitative estimate of drug-likeness (QED) is 0.608. The number of benzene rings is 2. The first-order valence-electron chi connectivity index (χ1n) is 12.6. The van der Waals surface area contributed by atoms with E-state index in [0.717, 1.165) is 43.4 Å². The minimum Gasteiger partial charge on any atom is -0.497 e. The van der Waals surface area contributed by atoms with Gasteiger partial charge in [-0.2, -0.15) is 0 Å². The SMILES string of the molecule is COc1ccc2c(c1)CCC1[C@@H]2CCC2(C)C(=O)C[C@@H](CCC(=O)NCc3cccc(F)c3)[C@@H]12. The van der Waals surface area contributed by atoms with Crippen LogP contribution in [0.15, 0.2) is 42.5 Å². The molecular formula is C29H34FNO3. The lowest BCUT2D eigenvalue weighted by atomic mass is 9.54. The number of halogens is 1. The molecule has 0 aliphatic heterocycles. The summed E-state index contributed by atoms with van der Waals surface area (Å²) in [7, 11) is 1.71. The van der Waals surface area contributed by atoms with E-state index in [-0.39, 0.29) is 23.1 Å². The standard InChI is InChI=1S/C29H34FNO3/c1-29-13-12-24-23-10-8-22(34-2)15-19(23)6-9-25(24)28(29)20(16-26(29)32)7-11-27(33)31-17-18-4-3-5-21(30)14-18/h3-5,8,10,14-15,20,24-25,28H,6-7,9,11-13,16-17H2,1-2H3,(H,31,33)/t20-,24-,25?,28+,29?/m1/s1. The number of Topliss-reactive ketones (excluding diaryl/α,β-unsaturated/α-hetero) is 1. The molecule has 5 rings (SSSR count). The molecule has 3 aliphatic rings. The zero-order valence-corrected chi connectivity index (χ0v) is 20.1. The Balaban J connectivity index is 1.27. The van der Waals surface area contributed by atoms with Gasteiger partial charge in [-0.3, -0.25) is 9.59 Å². The Morgan fingerprint density at radius 2 is 2.06 bits per heavy atom. The minimum absolute atomic E-state index is 0.0289. The predicted octanol–water partition coefficient (Wildman–Crippen LogP) is 5.58. The Labute approximate surface area is 201 Å². The highest BCUT2D eigenvalue weighted by atomic mass is 19.1. The van der Waals surface area contributed by atoms with Gasteiger partial charge in [-0.15, -0.1) is 0 Å². The molecule has 34 heavy (non-hydrogen) atoms. The fraction of sp³-hybridized carbons (Fsp3) is 0.517. The van der Waals surface area contributed by atoms with Gasteiger partial charge in [0.25, 0.3) is 0 Å². The third kappa shape index (κ3) is 4.14. The number of hydrogen-bond donors (Lipinski definition) is 1. The average molecular weight is 464 g/mol. The van der Waals surface area contributed by atoms with Gasteiger partial charge in [0.05, 0.1) is 7.11 Å². The number of nitrogens with one attached hydrogen (secondary N) is 1. The lowest BCUT2D eigenvalue weighted by Crippen LogP contribution is -2.44. The second-order valence-corrected chi connectivity index (χ2v) is 10.7. The smallest absolute Gasteiger partial charge is 0.220 e. The molecule has 4 nitrogen and oxygen atoms in total. The van der Waals surface area contributed by atoms with Crippen LogP contribution < -0.4 is 10.1 Å². The molecule has 5 atom stereocenters. The van der Waals surface area contributed by atoms with Gasteiger partial charge in [-0.25, -0.2) is 4.39 Å². The first-order chi connectivity index (χ1) is 16.4. The van der Waals surface area contributed by atoms with Crippen LogP contribution in [0.3, 0.4) is 0 Å². The first-order valence-corrected chi connectivity index (χ1v) is 12.6. The van der Waals surface area contributed by atoms with Gasteiger partial charge in [-0.05, 0) is 96.7 Å². The Kier molecular flexibility index (Phi) is 6.22. The summed E-state index contributed by atoms with van der Waals surface area (Å²) in [5.74, 6) is 2.55. The molecule has 0 radical (unpaired) electrons. The summed E-state index contributed by atoms with van der Waals surface area (Å²) in [6.07, 6.45) is 5.85. The summed E-state index contributed by atoms with van der Waals surface area (Å²) < 4.78 is 18.8. The van der Waals surface area contributed by atoms with E-state index in [2.05, 4.69) is 30.4 Å². The van der Waals surface area contributed by atoms with Crippen molar-refractivity contribution in [3.05, 3.63) is 65.0 Å². The van der Waals surface area contributed by atoms with Gasteiger partial charge < -0.3 is 10.1 Å². The number of amides is 1. The van der Waals surface area contributed by atoms with Crippen molar-refractivity contribution in [3.63, 3.8) is 0 Å². The fourth-order valence-electron chi connectivity index (χ4n) is 7.26. The second-order valence-electron chi connectivity index (χ2n) is 10.7. The number of carbonyl (C=O) groups excluding carboxylic acids is 2. The molecule has 2 fully saturated rings. The predicted molar refractivity (Wildman–Crippen MR) is 129 cm³/mol. The van der Waals surface area contributed by atoms with Crippen LogP contribution in [0.5, 0.6) is 5.75 Å². The maximum absolute atomic E-state index is 13.4. The van der Waals surface area contributed by atoms with Crippen LogP contribution in [-0.2, 0) is 22.6 Å². The zero-order chi connectivity index (χ0) is 23.9. The third-order valence-electron chi connectivity index (χ3n) is 8.90. The number of hydrogen-bond acceptors (Lipinski definition) is 3. The van der Waals surface area contributed by atoms with Gasteiger partial charge in [0, 0.05) is 24.8 Å². The summed E-state index contributed by atoms with van der Waals surface area (Å²) >= 11 is 0. The van der Waals surface area contributed by atoms with E-state index < -0.39 is 0 Å². The molecule has 2 aromatic carbocycles. The Morgan fingerprint density at radius 1 is 1.21 bits per heavy atom. The van der Waals surface area contributed by atoms with E-state index in [9.17, 15) is 14.0 Å². The Morgan fingerprint density at radius 3 is 2.85 bits per heavy atom. The lowest BCUT2D eigenvalue weighted by molar-refractivity contribution is -0.129. The molecule has 2 aromatic rings. The van der Waals surface area contributed by atoms with Crippen LogP contribution in [0.2, 0.25) is 0 Å². The van der Waals surface area contributed by atoms with Crippen molar-refractivity contribution in [1.82, 2.24) is 5.32 Å². The van der Waals surface area contributed by atoms with Crippen LogP contribution in [-0.4, -0.2) is 18.8 Å². The van der Waals surface area contributed by atoms with Gasteiger partial charge in [-0.1, -0.05) is 25.1 Å². The van der Waals surface area contributed by atoms with E-state index in [1.165, 1.54) is 23.3 Å². The van der Waals surface area contributed by atoms with Crippen molar-refractivity contribution in [2.75, 3.05) is 7.11 Å². The van der Waals surface area contributed by atoms with E-state index >= 15 is 0 Å². The minimum atomic E-state index is -0.296. The van der Waals surface area contributed by atoms with Crippen molar-refractivity contribution in [2.45, 2.75) is 64.3 Å². The van der Waals surface area contributed by atoms with Gasteiger partial charge in [0.1, 0.15) is 17.3 Å². The summed E-state index contributed by atoms with van der Waals surface area (Å²) in [5.41, 5.74) is 3.32. The van der Waals surface area contributed by atoms with Crippen LogP contribution >= 0.6 is 0 Å². The maximum atomic E-state index is 13.4. The molecule has 0 saturated heterocycles. The third-order valence-corrected chi connectivity index (χ3v) is 8.90. The number of aryl methyl sites for hydroxylation is 1. The zero-order valence-electron chi connectivity index (χ0n) is 20.1. The molecule has 1 N–H and O–H groups in total. The summed E-state index contributed by atoms with van der Waals surface area (Å²) in [6.45, 7) is 2.51. The Hall–Kier alpha value is -2.69.